The Bertz CT molecular complexity index is 446. The van der Waals surface area contributed by atoms with Crippen LogP contribution >= 0.6 is 11.8 Å². The van der Waals surface area contributed by atoms with Crippen molar-refractivity contribution in [1.29, 1.82) is 0 Å². The van der Waals surface area contributed by atoms with Gasteiger partial charge in [0.1, 0.15) is 5.82 Å². The Morgan fingerprint density at radius 2 is 2.05 bits per heavy atom. The summed E-state index contributed by atoms with van der Waals surface area (Å²) in [7, 11) is 1.81. The van der Waals surface area contributed by atoms with Crippen LogP contribution in [-0.4, -0.2) is 41.4 Å². The zero-order valence-corrected chi connectivity index (χ0v) is 12.4. The fraction of sp³-hybridized carbons (Fsp3) is 0.533. The second-order valence-electron chi connectivity index (χ2n) is 5.38. The van der Waals surface area contributed by atoms with E-state index >= 15 is 0 Å². The predicted molar refractivity (Wildman–Crippen MR) is 78.9 cm³/mol. The first-order valence-electron chi connectivity index (χ1n) is 6.79. The van der Waals surface area contributed by atoms with Crippen molar-refractivity contribution in [3.63, 3.8) is 0 Å². The molecule has 1 aliphatic carbocycles. The molecule has 0 aromatic heterocycles. The standard InChI is InChI=1S/C15H20FNO2S/c1-17(8-12-6-14(18)7-12)15(19)10-20-9-11-2-4-13(16)5-3-11/h2-5,12,14,18H,6-10H2,1H3. The van der Waals surface area contributed by atoms with Gasteiger partial charge in [0.05, 0.1) is 11.9 Å². The van der Waals surface area contributed by atoms with Crippen LogP contribution in [-0.2, 0) is 10.5 Å². The molecule has 0 aliphatic heterocycles. The van der Waals surface area contributed by atoms with Crippen molar-refractivity contribution in [1.82, 2.24) is 4.90 Å². The monoisotopic (exact) mass is 297 g/mol. The Hall–Kier alpha value is -1.07. The third kappa shape index (κ3) is 4.49. The highest BCUT2D eigenvalue weighted by Crippen LogP contribution is 2.27. The first-order valence-corrected chi connectivity index (χ1v) is 7.94. The fourth-order valence-electron chi connectivity index (χ4n) is 2.29. The summed E-state index contributed by atoms with van der Waals surface area (Å²) in [5.74, 6) is 1.46. The van der Waals surface area contributed by atoms with Crippen molar-refractivity contribution in [2.45, 2.75) is 24.7 Å². The number of hydrogen-bond donors (Lipinski definition) is 1. The van der Waals surface area contributed by atoms with Crippen LogP contribution in [0.5, 0.6) is 0 Å². The number of amides is 1. The molecular formula is C15H20FNO2S. The molecule has 2 rings (SSSR count). The molecule has 0 heterocycles. The zero-order chi connectivity index (χ0) is 14.5. The number of hydrogen-bond acceptors (Lipinski definition) is 3. The number of rotatable bonds is 6. The molecule has 1 aliphatic rings. The van der Waals surface area contributed by atoms with Gasteiger partial charge in [0.2, 0.25) is 5.91 Å². The maximum Gasteiger partial charge on any atom is 0.232 e. The number of aliphatic hydroxyl groups excluding tert-OH is 1. The Kier molecular flexibility index (Phi) is 5.43. The van der Waals surface area contributed by atoms with Crippen molar-refractivity contribution in [2.75, 3.05) is 19.3 Å². The summed E-state index contributed by atoms with van der Waals surface area (Å²) in [6.07, 6.45) is 1.44. The van der Waals surface area contributed by atoms with Crippen molar-refractivity contribution in [2.24, 2.45) is 5.92 Å². The third-order valence-electron chi connectivity index (χ3n) is 3.58. The molecule has 3 nitrogen and oxygen atoms in total. The van der Waals surface area contributed by atoms with Crippen molar-refractivity contribution in [3.8, 4) is 0 Å². The minimum atomic E-state index is -0.239. The van der Waals surface area contributed by atoms with E-state index in [0.29, 0.717) is 17.4 Å². The number of nitrogens with zero attached hydrogens (tertiary/aromatic N) is 1. The van der Waals surface area contributed by atoms with Gasteiger partial charge in [0.25, 0.3) is 0 Å². The molecule has 0 spiro atoms. The fourth-order valence-corrected chi connectivity index (χ4v) is 3.21. The molecule has 1 aromatic rings. The van der Waals surface area contributed by atoms with E-state index in [1.165, 1.54) is 23.9 Å². The number of halogens is 1. The summed E-state index contributed by atoms with van der Waals surface area (Å²) >= 11 is 1.54. The van der Waals surface area contributed by atoms with Gasteiger partial charge in [-0.3, -0.25) is 4.79 Å². The maximum atomic E-state index is 12.7. The summed E-state index contributed by atoms with van der Waals surface area (Å²) in [6.45, 7) is 0.729. The molecule has 1 amide bonds. The van der Waals surface area contributed by atoms with Crippen LogP contribution in [0.3, 0.4) is 0 Å². The normalized spacial score (nSPS) is 21.4. The lowest BCUT2D eigenvalue weighted by atomic mass is 9.82. The van der Waals surface area contributed by atoms with Gasteiger partial charge in [-0.1, -0.05) is 12.1 Å². The van der Waals surface area contributed by atoms with Crippen LogP contribution < -0.4 is 0 Å². The average Bonchev–Trinajstić information content (AvgIpc) is 2.39. The lowest BCUT2D eigenvalue weighted by Gasteiger charge is -2.34. The zero-order valence-electron chi connectivity index (χ0n) is 11.6. The van der Waals surface area contributed by atoms with E-state index in [1.807, 2.05) is 7.05 Å². The summed E-state index contributed by atoms with van der Waals surface area (Å²) in [5, 5.41) is 9.22. The minimum Gasteiger partial charge on any atom is -0.393 e. The summed E-state index contributed by atoms with van der Waals surface area (Å²) in [5.41, 5.74) is 1.02. The van der Waals surface area contributed by atoms with Crippen LogP contribution in [0.15, 0.2) is 24.3 Å². The van der Waals surface area contributed by atoms with Gasteiger partial charge < -0.3 is 10.0 Å². The van der Waals surface area contributed by atoms with Gasteiger partial charge in [-0.15, -0.1) is 11.8 Å². The van der Waals surface area contributed by atoms with Gasteiger partial charge >= 0.3 is 0 Å². The Morgan fingerprint density at radius 1 is 1.40 bits per heavy atom. The molecule has 5 heteroatoms. The highest BCUT2D eigenvalue weighted by molar-refractivity contribution is 7.99. The minimum absolute atomic E-state index is 0.110. The molecule has 1 fully saturated rings. The van der Waals surface area contributed by atoms with Crippen molar-refractivity contribution >= 4 is 17.7 Å². The second-order valence-corrected chi connectivity index (χ2v) is 6.37. The van der Waals surface area contributed by atoms with E-state index in [9.17, 15) is 14.3 Å². The van der Waals surface area contributed by atoms with Crippen LogP contribution in [0, 0.1) is 11.7 Å². The molecular weight excluding hydrogens is 277 g/mol. The van der Waals surface area contributed by atoms with Crippen molar-refractivity contribution in [3.05, 3.63) is 35.6 Å². The summed E-state index contributed by atoms with van der Waals surface area (Å²) in [6, 6.07) is 6.36. The first kappa shape index (κ1) is 15.3. The van der Waals surface area contributed by atoms with Gasteiger partial charge in [0.15, 0.2) is 0 Å². The van der Waals surface area contributed by atoms with Gasteiger partial charge in [0, 0.05) is 19.3 Å². The highest BCUT2D eigenvalue weighted by Gasteiger charge is 2.28. The number of benzene rings is 1. The molecule has 0 radical (unpaired) electrons. The number of aliphatic hydroxyl groups is 1. The Labute approximate surface area is 123 Å². The van der Waals surface area contributed by atoms with E-state index in [0.717, 1.165) is 24.9 Å². The van der Waals surface area contributed by atoms with Crippen LogP contribution in [0.25, 0.3) is 0 Å². The summed E-state index contributed by atoms with van der Waals surface area (Å²) < 4.78 is 12.7. The molecule has 0 unspecified atom stereocenters. The largest absolute Gasteiger partial charge is 0.393 e. The smallest absolute Gasteiger partial charge is 0.232 e. The van der Waals surface area contributed by atoms with Crippen LogP contribution in [0.1, 0.15) is 18.4 Å². The first-order chi connectivity index (χ1) is 9.54. The molecule has 110 valence electrons. The van der Waals surface area contributed by atoms with Crippen molar-refractivity contribution < 1.29 is 14.3 Å². The van der Waals surface area contributed by atoms with E-state index in [2.05, 4.69) is 0 Å². The quantitative estimate of drug-likeness (QED) is 0.876. The molecule has 1 N–H and O–H groups in total. The van der Waals surface area contributed by atoms with Crippen LogP contribution in [0.4, 0.5) is 4.39 Å². The SMILES string of the molecule is CN(CC1CC(O)C1)C(=O)CSCc1ccc(F)cc1. The lowest BCUT2D eigenvalue weighted by Crippen LogP contribution is -2.40. The Balaban J connectivity index is 1.65. The van der Waals surface area contributed by atoms with E-state index in [1.54, 1.807) is 17.0 Å². The molecule has 20 heavy (non-hydrogen) atoms. The van der Waals surface area contributed by atoms with Crippen LogP contribution in [0.2, 0.25) is 0 Å². The van der Waals surface area contributed by atoms with Gasteiger partial charge in [-0.25, -0.2) is 4.39 Å². The second kappa shape index (κ2) is 7.09. The number of carbonyl (C=O) groups is 1. The Morgan fingerprint density at radius 3 is 2.65 bits per heavy atom. The topological polar surface area (TPSA) is 40.5 Å². The summed E-state index contributed by atoms with van der Waals surface area (Å²) in [4.78, 5) is 13.7. The van der Waals surface area contributed by atoms with E-state index in [4.69, 9.17) is 0 Å². The van der Waals surface area contributed by atoms with Gasteiger partial charge in [-0.05, 0) is 36.5 Å². The van der Waals surface area contributed by atoms with E-state index < -0.39 is 0 Å². The number of carbonyl (C=O) groups excluding carboxylic acids is 1. The average molecular weight is 297 g/mol. The molecule has 0 atom stereocenters. The lowest BCUT2D eigenvalue weighted by molar-refractivity contribution is -0.128. The van der Waals surface area contributed by atoms with Gasteiger partial charge in [-0.2, -0.15) is 0 Å². The maximum absolute atomic E-state index is 12.7. The number of thioether (sulfide) groups is 1. The van der Waals surface area contributed by atoms with E-state index in [-0.39, 0.29) is 17.8 Å². The molecule has 1 saturated carbocycles. The predicted octanol–water partition coefficient (Wildman–Crippen LogP) is 2.29. The molecule has 1 aromatic carbocycles. The highest BCUT2D eigenvalue weighted by atomic mass is 32.2. The molecule has 0 bridgehead atoms. The molecule has 0 saturated heterocycles. The third-order valence-corrected chi connectivity index (χ3v) is 4.56.